The smallest absolute Gasteiger partial charge is 0.234 e. The van der Waals surface area contributed by atoms with Gasteiger partial charge in [0.15, 0.2) is 5.76 Å². The summed E-state index contributed by atoms with van der Waals surface area (Å²) < 4.78 is 5.42. The molecule has 130 valence electrons. The number of benzene rings is 2. The fourth-order valence-corrected chi connectivity index (χ4v) is 2.95. The van der Waals surface area contributed by atoms with E-state index in [-0.39, 0.29) is 12.5 Å². The van der Waals surface area contributed by atoms with E-state index in [1.165, 1.54) is 0 Å². The summed E-state index contributed by atoms with van der Waals surface area (Å²) in [4.78, 5) is 12.6. The van der Waals surface area contributed by atoms with Crippen LogP contribution >= 0.6 is 0 Å². The van der Waals surface area contributed by atoms with E-state index in [4.69, 9.17) is 4.42 Å². The lowest BCUT2D eigenvalue weighted by molar-refractivity contribution is -0.118. The molecule has 0 aliphatic rings. The van der Waals surface area contributed by atoms with E-state index in [1.807, 2.05) is 48.5 Å². The van der Waals surface area contributed by atoms with Gasteiger partial charge in [-0.15, -0.1) is 0 Å². The maximum Gasteiger partial charge on any atom is 0.234 e. The summed E-state index contributed by atoms with van der Waals surface area (Å²) in [6.45, 7) is -0.262. The minimum atomic E-state index is -0.624. The first-order valence-electron chi connectivity index (χ1n) is 8.25. The fraction of sp³-hybridized carbons (Fsp3) is 0.100. The molecule has 2 aromatic carbocycles. The summed E-state index contributed by atoms with van der Waals surface area (Å²) >= 11 is 0. The number of aliphatic hydroxyl groups excluding tert-OH is 1. The topological polar surface area (TPSA) is 91.2 Å². The number of anilines is 1. The lowest BCUT2D eigenvalue weighted by Gasteiger charge is -2.15. The monoisotopic (exact) mass is 347 g/mol. The molecule has 0 spiro atoms. The average Bonchev–Trinajstić information content (AvgIpc) is 3.32. The summed E-state index contributed by atoms with van der Waals surface area (Å²) in [5.74, 6) is -0.237. The molecule has 0 saturated heterocycles. The Hall–Kier alpha value is -3.38. The van der Waals surface area contributed by atoms with Gasteiger partial charge in [-0.25, -0.2) is 0 Å². The van der Waals surface area contributed by atoms with Crippen LogP contribution in [-0.4, -0.2) is 27.8 Å². The number of amides is 1. The number of nitrogens with one attached hydrogen (secondary N) is 2. The van der Waals surface area contributed by atoms with Crippen LogP contribution in [0.15, 0.2) is 71.3 Å². The molecular formula is C20H17N3O3. The van der Waals surface area contributed by atoms with Gasteiger partial charge in [-0.05, 0) is 35.9 Å². The van der Waals surface area contributed by atoms with Crippen molar-refractivity contribution < 1.29 is 14.3 Å². The Morgan fingerprint density at radius 1 is 1.15 bits per heavy atom. The van der Waals surface area contributed by atoms with E-state index < -0.39 is 5.92 Å². The van der Waals surface area contributed by atoms with E-state index in [1.54, 1.807) is 18.4 Å². The van der Waals surface area contributed by atoms with E-state index >= 15 is 0 Å². The third-order valence-electron chi connectivity index (χ3n) is 4.29. The fourth-order valence-electron chi connectivity index (χ4n) is 2.95. The Morgan fingerprint density at radius 3 is 2.73 bits per heavy atom. The zero-order valence-corrected chi connectivity index (χ0v) is 13.8. The number of aliphatic hydroxyl groups is 1. The molecule has 0 bridgehead atoms. The number of hydrogen-bond donors (Lipinski definition) is 3. The maximum absolute atomic E-state index is 12.6. The molecule has 1 atom stereocenters. The number of aromatic nitrogens is 2. The van der Waals surface area contributed by atoms with Gasteiger partial charge >= 0.3 is 0 Å². The van der Waals surface area contributed by atoms with Crippen LogP contribution in [0.3, 0.4) is 0 Å². The van der Waals surface area contributed by atoms with Gasteiger partial charge in [-0.1, -0.05) is 30.3 Å². The molecule has 2 heterocycles. The molecule has 6 nitrogen and oxygen atoms in total. The van der Waals surface area contributed by atoms with Gasteiger partial charge < -0.3 is 14.8 Å². The molecule has 1 amide bonds. The van der Waals surface area contributed by atoms with Crippen molar-refractivity contribution in [3.05, 3.63) is 72.5 Å². The van der Waals surface area contributed by atoms with Gasteiger partial charge in [-0.3, -0.25) is 9.89 Å². The molecule has 0 aliphatic carbocycles. The predicted molar refractivity (Wildman–Crippen MR) is 98.7 cm³/mol. The van der Waals surface area contributed by atoms with E-state index in [9.17, 15) is 9.90 Å². The van der Waals surface area contributed by atoms with Crippen molar-refractivity contribution in [1.29, 1.82) is 0 Å². The maximum atomic E-state index is 12.6. The number of carbonyl (C=O) groups excluding carboxylic acids is 1. The van der Waals surface area contributed by atoms with Crippen LogP contribution in [0.25, 0.3) is 22.4 Å². The van der Waals surface area contributed by atoms with Crippen LogP contribution in [0.1, 0.15) is 11.5 Å². The molecule has 0 fully saturated rings. The average molecular weight is 347 g/mol. The third-order valence-corrected chi connectivity index (χ3v) is 4.29. The zero-order chi connectivity index (χ0) is 17.9. The number of aromatic amines is 1. The van der Waals surface area contributed by atoms with Crippen LogP contribution < -0.4 is 5.32 Å². The van der Waals surface area contributed by atoms with Gasteiger partial charge in [-0.2, -0.15) is 5.10 Å². The van der Waals surface area contributed by atoms with Crippen molar-refractivity contribution in [3.8, 4) is 11.5 Å². The van der Waals surface area contributed by atoms with Crippen LogP contribution in [0.5, 0.6) is 0 Å². The number of carbonyl (C=O) groups is 1. The molecule has 1 unspecified atom stereocenters. The third kappa shape index (κ3) is 2.98. The Kier molecular flexibility index (Phi) is 4.25. The van der Waals surface area contributed by atoms with Gasteiger partial charge in [0.05, 0.1) is 24.3 Å². The first-order valence-corrected chi connectivity index (χ1v) is 8.25. The lowest BCUT2D eigenvalue weighted by atomic mass is 9.99. The highest BCUT2D eigenvalue weighted by atomic mass is 16.3. The summed E-state index contributed by atoms with van der Waals surface area (Å²) in [6, 6.07) is 18.3. The molecule has 4 rings (SSSR count). The Morgan fingerprint density at radius 2 is 2.00 bits per heavy atom. The summed E-state index contributed by atoms with van der Waals surface area (Å²) in [5, 5.41) is 20.6. The molecule has 0 radical (unpaired) electrons. The van der Waals surface area contributed by atoms with Gasteiger partial charge in [0, 0.05) is 11.1 Å². The number of hydrogen-bond acceptors (Lipinski definition) is 4. The molecule has 4 aromatic rings. The molecule has 6 heteroatoms. The molecule has 3 N–H and O–H groups in total. The Balaban J connectivity index is 1.63. The van der Waals surface area contributed by atoms with Crippen LogP contribution in [0, 0.1) is 0 Å². The summed E-state index contributed by atoms with van der Waals surface area (Å²) in [6.07, 6.45) is 1.59. The first-order chi connectivity index (χ1) is 12.8. The van der Waals surface area contributed by atoms with Crippen LogP contribution in [-0.2, 0) is 4.79 Å². The second-order valence-electron chi connectivity index (χ2n) is 5.94. The molecule has 2 aromatic heterocycles. The van der Waals surface area contributed by atoms with Crippen molar-refractivity contribution in [2.24, 2.45) is 0 Å². The molecule has 26 heavy (non-hydrogen) atoms. The quantitative estimate of drug-likeness (QED) is 0.515. The van der Waals surface area contributed by atoms with Crippen molar-refractivity contribution in [2.75, 3.05) is 11.9 Å². The van der Waals surface area contributed by atoms with Crippen LogP contribution in [0.2, 0.25) is 0 Å². The highest BCUT2D eigenvalue weighted by Gasteiger charge is 2.20. The van der Waals surface area contributed by atoms with E-state index in [0.717, 1.165) is 16.5 Å². The standard InChI is InChI=1S/C20H17N3O3/c24-12-16(13-5-2-1-3-6-13)20(25)21-14-8-9-17-15(11-14)19(23-22-17)18-7-4-10-26-18/h1-11,16,24H,12H2,(H,21,25)(H,22,23). The van der Waals surface area contributed by atoms with Gasteiger partial charge in [0.25, 0.3) is 0 Å². The molecule has 0 saturated carbocycles. The molecular weight excluding hydrogens is 330 g/mol. The first kappa shape index (κ1) is 16.1. The normalized spacial score (nSPS) is 12.2. The van der Waals surface area contributed by atoms with Gasteiger partial charge in [0.2, 0.25) is 5.91 Å². The number of rotatable bonds is 5. The van der Waals surface area contributed by atoms with Crippen molar-refractivity contribution in [2.45, 2.75) is 5.92 Å². The highest BCUT2D eigenvalue weighted by Crippen LogP contribution is 2.29. The largest absolute Gasteiger partial charge is 0.463 e. The summed E-state index contributed by atoms with van der Waals surface area (Å²) in [7, 11) is 0. The zero-order valence-electron chi connectivity index (χ0n) is 13.8. The second kappa shape index (κ2) is 6.85. The SMILES string of the molecule is O=C(Nc1ccc2[nH]nc(-c3ccco3)c2c1)C(CO)c1ccccc1. The minimum Gasteiger partial charge on any atom is -0.463 e. The number of fused-ring (bicyclic) bond motifs is 1. The summed E-state index contributed by atoms with van der Waals surface area (Å²) in [5.41, 5.74) is 2.93. The van der Waals surface area contributed by atoms with E-state index in [0.29, 0.717) is 17.1 Å². The Labute approximate surface area is 149 Å². The van der Waals surface area contributed by atoms with Crippen molar-refractivity contribution in [1.82, 2.24) is 10.2 Å². The number of furan rings is 1. The Bertz CT molecular complexity index is 1020. The second-order valence-corrected chi connectivity index (χ2v) is 5.94. The minimum absolute atomic E-state index is 0.262. The predicted octanol–water partition coefficient (Wildman–Crippen LogP) is 3.54. The lowest BCUT2D eigenvalue weighted by Crippen LogP contribution is -2.23. The highest BCUT2D eigenvalue weighted by molar-refractivity contribution is 6.00. The van der Waals surface area contributed by atoms with Crippen LogP contribution in [0.4, 0.5) is 5.69 Å². The van der Waals surface area contributed by atoms with E-state index in [2.05, 4.69) is 15.5 Å². The van der Waals surface area contributed by atoms with Crippen molar-refractivity contribution >= 4 is 22.5 Å². The van der Waals surface area contributed by atoms with Crippen molar-refractivity contribution in [3.63, 3.8) is 0 Å². The molecule has 0 aliphatic heterocycles. The number of nitrogens with zero attached hydrogens (tertiary/aromatic N) is 1. The van der Waals surface area contributed by atoms with Gasteiger partial charge in [0.1, 0.15) is 5.69 Å². The number of H-pyrrole nitrogens is 1.